The summed E-state index contributed by atoms with van der Waals surface area (Å²) in [5.74, 6) is 0. The number of rotatable bonds is 5. The molecule has 1 N–H and O–H groups in total. The number of nitrogens with one attached hydrogen (secondary N) is 1. The molecule has 18 heavy (non-hydrogen) atoms. The van der Waals surface area contributed by atoms with Crippen molar-refractivity contribution in [2.75, 3.05) is 39.8 Å². The van der Waals surface area contributed by atoms with Gasteiger partial charge in [-0.2, -0.15) is 0 Å². The molecule has 1 saturated heterocycles. The van der Waals surface area contributed by atoms with Gasteiger partial charge in [0.2, 0.25) is 0 Å². The van der Waals surface area contributed by atoms with Crippen LogP contribution in [0.15, 0.2) is 30.3 Å². The van der Waals surface area contributed by atoms with Crippen LogP contribution in [-0.4, -0.2) is 55.6 Å². The third-order valence-corrected chi connectivity index (χ3v) is 3.78. The molecule has 1 unspecified atom stereocenters. The van der Waals surface area contributed by atoms with Crippen molar-refractivity contribution in [2.45, 2.75) is 19.5 Å². The summed E-state index contributed by atoms with van der Waals surface area (Å²) in [5, 5.41) is 3.26. The normalized spacial score (nSPS) is 19.9. The SMILES string of the molecule is CNCC(C)N1CCN(Cc2ccccc2)CC1. The molecular weight excluding hydrogens is 222 g/mol. The topological polar surface area (TPSA) is 18.5 Å². The second-order valence-electron chi connectivity index (χ2n) is 5.20. The Kier molecular flexibility index (Phi) is 5.17. The first kappa shape index (κ1) is 13.5. The van der Waals surface area contributed by atoms with Crippen LogP contribution in [0.2, 0.25) is 0 Å². The van der Waals surface area contributed by atoms with E-state index in [0.717, 1.165) is 13.1 Å². The van der Waals surface area contributed by atoms with Gasteiger partial charge in [-0.3, -0.25) is 9.80 Å². The van der Waals surface area contributed by atoms with Crippen LogP contribution >= 0.6 is 0 Å². The molecule has 1 aliphatic rings. The minimum atomic E-state index is 0.647. The second-order valence-corrected chi connectivity index (χ2v) is 5.20. The number of hydrogen-bond donors (Lipinski definition) is 1. The van der Waals surface area contributed by atoms with Gasteiger partial charge in [-0.1, -0.05) is 30.3 Å². The monoisotopic (exact) mass is 247 g/mol. The summed E-state index contributed by atoms with van der Waals surface area (Å²) < 4.78 is 0. The molecule has 0 aliphatic carbocycles. The van der Waals surface area contributed by atoms with E-state index in [-0.39, 0.29) is 0 Å². The lowest BCUT2D eigenvalue weighted by atomic mass is 10.2. The molecule has 1 aromatic carbocycles. The van der Waals surface area contributed by atoms with Gasteiger partial charge in [0.05, 0.1) is 0 Å². The smallest absolute Gasteiger partial charge is 0.0234 e. The molecule has 3 heteroatoms. The number of nitrogens with zero attached hydrogens (tertiary/aromatic N) is 2. The maximum atomic E-state index is 3.26. The first-order chi connectivity index (χ1) is 8.79. The van der Waals surface area contributed by atoms with E-state index in [4.69, 9.17) is 0 Å². The van der Waals surface area contributed by atoms with Gasteiger partial charge in [0.1, 0.15) is 0 Å². The highest BCUT2D eigenvalue weighted by Gasteiger charge is 2.20. The molecule has 0 radical (unpaired) electrons. The van der Waals surface area contributed by atoms with Gasteiger partial charge in [-0.25, -0.2) is 0 Å². The summed E-state index contributed by atoms with van der Waals surface area (Å²) in [6.45, 7) is 9.23. The van der Waals surface area contributed by atoms with Crippen LogP contribution in [-0.2, 0) is 6.54 Å². The summed E-state index contributed by atoms with van der Waals surface area (Å²) in [6.07, 6.45) is 0. The van der Waals surface area contributed by atoms with Crippen LogP contribution in [0.3, 0.4) is 0 Å². The van der Waals surface area contributed by atoms with E-state index in [0.29, 0.717) is 6.04 Å². The van der Waals surface area contributed by atoms with Crippen molar-refractivity contribution in [3.05, 3.63) is 35.9 Å². The van der Waals surface area contributed by atoms with Crippen LogP contribution in [0.5, 0.6) is 0 Å². The Balaban J connectivity index is 1.77. The average molecular weight is 247 g/mol. The van der Waals surface area contributed by atoms with Crippen LogP contribution in [0.1, 0.15) is 12.5 Å². The van der Waals surface area contributed by atoms with Gasteiger partial charge >= 0.3 is 0 Å². The van der Waals surface area contributed by atoms with Crippen molar-refractivity contribution in [3.63, 3.8) is 0 Å². The summed E-state index contributed by atoms with van der Waals surface area (Å²) >= 11 is 0. The molecule has 3 nitrogen and oxygen atoms in total. The Hall–Kier alpha value is -0.900. The Morgan fingerprint density at radius 3 is 2.39 bits per heavy atom. The van der Waals surface area contributed by atoms with Gasteiger partial charge in [0.15, 0.2) is 0 Å². The minimum Gasteiger partial charge on any atom is -0.318 e. The first-order valence-electron chi connectivity index (χ1n) is 6.94. The lowest BCUT2D eigenvalue weighted by molar-refractivity contribution is 0.0980. The fourth-order valence-electron chi connectivity index (χ4n) is 2.63. The van der Waals surface area contributed by atoms with Gasteiger partial charge in [-0.15, -0.1) is 0 Å². The highest BCUT2D eigenvalue weighted by Crippen LogP contribution is 2.10. The van der Waals surface area contributed by atoms with Gasteiger partial charge in [0.25, 0.3) is 0 Å². The molecular formula is C15H25N3. The summed E-state index contributed by atoms with van der Waals surface area (Å²) in [6, 6.07) is 11.4. The Bertz CT molecular complexity index is 331. The highest BCUT2D eigenvalue weighted by molar-refractivity contribution is 5.14. The lowest BCUT2D eigenvalue weighted by Crippen LogP contribution is -2.51. The predicted octanol–water partition coefficient (Wildman–Crippen LogP) is 1.41. The zero-order chi connectivity index (χ0) is 12.8. The third kappa shape index (κ3) is 3.80. The quantitative estimate of drug-likeness (QED) is 0.849. The first-order valence-corrected chi connectivity index (χ1v) is 6.94. The van der Waals surface area contributed by atoms with Gasteiger partial charge < -0.3 is 5.32 Å². The van der Waals surface area contributed by atoms with E-state index in [1.807, 2.05) is 7.05 Å². The molecule has 1 atom stereocenters. The van der Waals surface area contributed by atoms with Crippen molar-refractivity contribution in [2.24, 2.45) is 0 Å². The van der Waals surface area contributed by atoms with E-state index in [9.17, 15) is 0 Å². The molecule has 0 spiro atoms. The van der Waals surface area contributed by atoms with Crippen molar-refractivity contribution in [3.8, 4) is 0 Å². The fourth-order valence-corrected chi connectivity index (χ4v) is 2.63. The zero-order valence-electron chi connectivity index (χ0n) is 11.6. The average Bonchev–Trinajstić information content (AvgIpc) is 2.41. The molecule has 0 amide bonds. The Morgan fingerprint density at radius 2 is 1.78 bits per heavy atom. The molecule has 2 rings (SSSR count). The maximum Gasteiger partial charge on any atom is 0.0234 e. The van der Waals surface area contributed by atoms with Crippen LogP contribution < -0.4 is 5.32 Å². The van der Waals surface area contributed by atoms with E-state index in [1.54, 1.807) is 0 Å². The van der Waals surface area contributed by atoms with Crippen LogP contribution in [0.4, 0.5) is 0 Å². The predicted molar refractivity (Wildman–Crippen MR) is 76.7 cm³/mol. The summed E-state index contributed by atoms with van der Waals surface area (Å²) in [5.41, 5.74) is 1.43. The summed E-state index contributed by atoms with van der Waals surface area (Å²) in [7, 11) is 2.03. The minimum absolute atomic E-state index is 0.647. The maximum absolute atomic E-state index is 3.26. The molecule has 0 aromatic heterocycles. The van der Waals surface area contributed by atoms with Crippen LogP contribution in [0, 0.1) is 0 Å². The number of piperazine rings is 1. The van der Waals surface area contributed by atoms with E-state index >= 15 is 0 Å². The molecule has 0 saturated carbocycles. The highest BCUT2D eigenvalue weighted by atomic mass is 15.3. The molecule has 0 bridgehead atoms. The van der Waals surface area contributed by atoms with E-state index in [1.165, 1.54) is 31.7 Å². The van der Waals surface area contributed by atoms with E-state index in [2.05, 4.69) is 52.4 Å². The molecule has 1 heterocycles. The lowest BCUT2D eigenvalue weighted by Gasteiger charge is -2.38. The second kappa shape index (κ2) is 6.88. The summed E-state index contributed by atoms with van der Waals surface area (Å²) in [4.78, 5) is 5.13. The zero-order valence-corrected chi connectivity index (χ0v) is 11.6. The number of likely N-dealkylation sites (N-methyl/N-ethyl adjacent to an activating group) is 1. The van der Waals surface area contributed by atoms with Crippen LogP contribution in [0.25, 0.3) is 0 Å². The molecule has 1 aromatic rings. The Morgan fingerprint density at radius 1 is 1.11 bits per heavy atom. The van der Waals surface area contributed by atoms with Gasteiger partial charge in [0, 0.05) is 45.3 Å². The Labute approximate surface area is 111 Å². The van der Waals surface area contributed by atoms with E-state index < -0.39 is 0 Å². The fraction of sp³-hybridized carbons (Fsp3) is 0.600. The molecule has 1 aliphatic heterocycles. The molecule has 1 fully saturated rings. The number of hydrogen-bond acceptors (Lipinski definition) is 3. The number of benzene rings is 1. The van der Waals surface area contributed by atoms with Crippen molar-refractivity contribution < 1.29 is 0 Å². The largest absolute Gasteiger partial charge is 0.318 e. The van der Waals surface area contributed by atoms with Gasteiger partial charge in [-0.05, 0) is 19.5 Å². The van der Waals surface area contributed by atoms with Crippen molar-refractivity contribution >= 4 is 0 Å². The van der Waals surface area contributed by atoms with Crippen molar-refractivity contribution in [1.29, 1.82) is 0 Å². The third-order valence-electron chi connectivity index (χ3n) is 3.78. The standard InChI is InChI=1S/C15H25N3/c1-14(12-16-2)18-10-8-17(9-11-18)13-15-6-4-3-5-7-15/h3-7,14,16H,8-13H2,1-2H3. The van der Waals surface area contributed by atoms with Crippen molar-refractivity contribution in [1.82, 2.24) is 15.1 Å². The molecule has 100 valence electrons.